The van der Waals surface area contributed by atoms with Crippen molar-refractivity contribution in [3.05, 3.63) is 33.9 Å². The van der Waals surface area contributed by atoms with Gasteiger partial charge >= 0.3 is 0 Å². The molecule has 0 radical (unpaired) electrons. The van der Waals surface area contributed by atoms with Crippen LogP contribution >= 0.6 is 0 Å². The van der Waals surface area contributed by atoms with Crippen molar-refractivity contribution in [3.63, 3.8) is 0 Å². The second kappa shape index (κ2) is 5.05. The fourth-order valence-electron chi connectivity index (χ4n) is 2.06. The number of carbonyl (C=O) groups excluding carboxylic acids is 1. The van der Waals surface area contributed by atoms with Gasteiger partial charge in [-0.25, -0.2) is 5.43 Å². The van der Waals surface area contributed by atoms with Crippen LogP contribution in [-0.2, 0) is 4.79 Å². The van der Waals surface area contributed by atoms with Crippen LogP contribution in [0.3, 0.4) is 0 Å². The van der Waals surface area contributed by atoms with Crippen LogP contribution in [0.4, 0.5) is 11.4 Å². The van der Waals surface area contributed by atoms with E-state index in [1.54, 1.807) is 19.2 Å². The molecule has 1 aromatic rings. The molecule has 7 heteroatoms. The van der Waals surface area contributed by atoms with Crippen LogP contribution in [0.15, 0.2) is 23.3 Å². The predicted octanol–water partition coefficient (Wildman–Crippen LogP) is 1.50. The van der Waals surface area contributed by atoms with E-state index in [-0.39, 0.29) is 17.5 Å². The van der Waals surface area contributed by atoms with Gasteiger partial charge in [-0.2, -0.15) is 5.10 Å². The minimum absolute atomic E-state index is 0.00759. The van der Waals surface area contributed by atoms with E-state index in [0.717, 1.165) is 0 Å². The van der Waals surface area contributed by atoms with Gasteiger partial charge in [-0.15, -0.1) is 0 Å². The molecule has 1 atom stereocenters. The molecule has 19 heavy (non-hydrogen) atoms. The molecule has 100 valence electrons. The van der Waals surface area contributed by atoms with Crippen LogP contribution in [0.25, 0.3) is 0 Å². The Balaban J connectivity index is 2.44. The van der Waals surface area contributed by atoms with Gasteiger partial charge in [0, 0.05) is 31.0 Å². The van der Waals surface area contributed by atoms with Gasteiger partial charge in [0.05, 0.1) is 10.6 Å². The lowest BCUT2D eigenvalue weighted by Crippen LogP contribution is -2.32. The molecule has 1 aliphatic heterocycles. The molecule has 1 unspecified atom stereocenters. The third-order valence-corrected chi connectivity index (χ3v) is 3.02. The number of hydrazone groups is 1. The zero-order valence-electron chi connectivity index (χ0n) is 10.6. The maximum absolute atomic E-state index is 11.2. The Morgan fingerprint density at radius 1 is 1.53 bits per heavy atom. The minimum Gasteiger partial charge on any atom is -0.383 e. The zero-order chi connectivity index (χ0) is 14.0. The molecule has 0 fully saturated rings. The van der Waals surface area contributed by atoms with Crippen LogP contribution in [0.5, 0.6) is 0 Å². The molecule has 0 saturated heterocycles. The molecule has 1 aliphatic rings. The molecule has 0 spiro atoms. The Hall–Kier alpha value is -2.44. The summed E-state index contributed by atoms with van der Waals surface area (Å²) in [5, 5.41) is 17.8. The SMILES string of the molecule is CNc1ccc(C2=NNC(=O)CC2C)cc1[N+](=O)[O-]. The first-order chi connectivity index (χ1) is 9.02. The van der Waals surface area contributed by atoms with Crippen molar-refractivity contribution in [3.8, 4) is 0 Å². The second-order valence-corrected chi connectivity index (χ2v) is 4.38. The summed E-state index contributed by atoms with van der Waals surface area (Å²) in [6.07, 6.45) is 0.334. The molecule has 0 aromatic heterocycles. The molecule has 0 bridgehead atoms. The van der Waals surface area contributed by atoms with Crippen molar-refractivity contribution in [2.75, 3.05) is 12.4 Å². The Morgan fingerprint density at radius 2 is 2.26 bits per heavy atom. The van der Waals surface area contributed by atoms with E-state index in [1.165, 1.54) is 6.07 Å². The quantitative estimate of drug-likeness (QED) is 0.637. The highest BCUT2D eigenvalue weighted by Gasteiger charge is 2.24. The number of nitrogens with zero attached hydrogens (tertiary/aromatic N) is 2. The predicted molar refractivity (Wildman–Crippen MR) is 71.1 cm³/mol. The summed E-state index contributed by atoms with van der Waals surface area (Å²) in [5.41, 5.74) is 4.15. The van der Waals surface area contributed by atoms with Crippen molar-refractivity contribution in [1.29, 1.82) is 0 Å². The maximum atomic E-state index is 11.2. The second-order valence-electron chi connectivity index (χ2n) is 4.38. The van der Waals surface area contributed by atoms with Crippen LogP contribution in [-0.4, -0.2) is 23.6 Å². The number of hydrogen-bond donors (Lipinski definition) is 2. The Bertz CT molecular complexity index is 568. The summed E-state index contributed by atoms with van der Waals surface area (Å²) in [6.45, 7) is 1.87. The molecule has 2 rings (SSSR count). The highest BCUT2D eigenvalue weighted by atomic mass is 16.6. The van der Waals surface area contributed by atoms with Gasteiger partial charge in [0.2, 0.25) is 5.91 Å². The maximum Gasteiger partial charge on any atom is 0.292 e. The molecule has 1 aromatic carbocycles. The largest absolute Gasteiger partial charge is 0.383 e. The smallest absolute Gasteiger partial charge is 0.292 e. The number of benzene rings is 1. The standard InChI is InChI=1S/C12H14N4O3/c1-7-5-11(17)14-15-12(7)8-3-4-9(13-2)10(6-8)16(18)19/h3-4,6-7,13H,5H2,1-2H3,(H,14,17). The topological polar surface area (TPSA) is 96.6 Å². The van der Waals surface area contributed by atoms with E-state index in [2.05, 4.69) is 15.8 Å². The zero-order valence-corrected chi connectivity index (χ0v) is 10.6. The summed E-state index contributed by atoms with van der Waals surface area (Å²) in [5.74, 6) is -0.202. The lowest BCUT2D eigenvalue weighted by Gasteiger charge is -2.19. The average molecular weight is 262 g/mol. The number of hydrogen-bond acceptors (Lipinski definition) is 5. The van der Waals surface area contributed by atoms with Gasteiger partial charge < -0.3 is 5.32 Å². The highest BCUT2D eigenvalue weighted by molar-refractivity contribution is 6.06. The van der Waals surface area contributed by atoms with Crippen LogP contribution in [0.1, 0.15) is 18.9 Å². The number of anilines is 1. The van der Waals surface area contributed by atoms with E-state index in [9.17, 15) is 14.9 Å². The van der Waals surface area contributed by atoms with E-state index in [4.69, 9.17) is 0 Å². The van der Waals surface area contributed by atoms with Crippen molar-refractivity contribution in [1.82, 2.24) is 5.43 Å². The fourth-order valence-corrected chi connectivity index (χ4v) is 2.06. The number of nitrogens with one attached hydrogen (secondary N) is 2. The number of carbonyl (C=O) groups is 1. The van der Waals surface area contributed by atoms with Gasteiger partial charge in [-0.1, -0.05) is 13.0 Å². The van der Waals surface area contributed by atoms with Gasteiger partial charge in [-0.05, 0) is 6.07 Å². The summed E-state index contributed by atoms with van der Waals surface area (Å²) in [6, 6.07) is 4.86. The normalized spacial score (nSPS) is 18.5. The van der Waals surface area contributed by atoms with Crippen LogP contribution in [0.2, 0.25) is 0 Å². The highest BCUT2D eigenvalue weighted by Crippen LogP contribution is 2.27. The van der Waals surface area contributed by atoms with Crippen molar-refractivity contribution in [2.45, 2.75) is 13.3 Å². The molecular formula is C12H14N4O3. The average Bonchev–Trinajstić information content (AvgIpc) is 2.38. The monoisotopic (exact) mass is 262 g/mol. The van der Waals surface area contributed by atoms with Crippen molar-refractivity contribution in [2.24, 2.45) is 11.0 Å². The van der Waals surface area contributed by atoms with Gasteiger partial charge in [0.1, 0.15) is 5.69 Å². The lowest BCUT2D eigenvalue weighted by atomic mass is 9.93. The fraction of sp³-hybridized carbons (Fsp3) is 0.333. The molecule has 7 nitrogen and oxygen atoms in total. The van der Waals surface area contributed by atoms with Crippen LogP contribution in [0, 0.1) is 16.0 Å². The third kappa shape index (κ3) is 2.54. The molecule has 1 heterocycles. The van der Waals surface area contributed by atoms with E-state index < -0.39 is 4.92 Å². The van der Waals surface area contributed by atoms with Crippen LogP contribution < -0.4 is 10.7 Å². The first-order valence-corrected chi connectivity index (χ1v) is 5.86. The van der Waals surface area contributed by atoms with E-state index in [0.29, 0.717) is 23.4 Å². The molecule has 0 saturated carbocycles. The van der Waals surface area contributed by atoms with Crippen molar-refractivity contribution >= 4 is 23.0 Å². The van der Waals surface area contributed by atoms with Gasteiger partial charge in [0.25, 0.3) is 5.69 Å². The minimum atomic E-state index is -0.442. The summed E-state index contributed by atoms with van der Waals surface area (Å²) in [7, 11) is 1.63. The number of nitro benzene ring substituents is 1. The first-order valence-electron chi connectivity index (χ1n) is 5.86. The van der Waals surface area contributed by atoms with Gasteiger partial charge in [0.15, 0.2) is 0 Å². The lowest BCUT2D eigenvalue weighted by molar-refractivity contribution is -0.383. The first kappa shape index (κ1) is 13.0. The molecule has 2 N–H and O–H groups in total. The number of amides is 1. The number of rotatable bonds is 3. The number of nitro groups is 1. The summed E-state index contributed by atoms with van der Waals surface area (Å²) >= 11 is 0. The third-order valence-electron chi connectivity index (χ3n) is 3.02. The molecular weight excluding hydrogens is 248 g/mol. The Kier molecular flexibility index (Phi) is 3.46. The Morgan fingerprint density at radius 3 is 2.84 bits per heavy atom. The van der Waals surface area contributed by atoms with E-state index in [1.807, 2.05) is 6.92 Å². The molecule has 0 aliphatic carbocycles. The summed E-state index contributed by atoms with van der Waals surface area (Å²) in [4.78, 5) is 21.8. The van der Waals surface area contributed by atoms with E-state index >= 15 is 0 Å². The Labute approximate surface area is 109 Å². The molecule has 1 amide bonds. The van der Waals surface area contributed by atoms with Crippen molar-refractivity contribution < 1.29 is 9.72 Å². The summed E-state index contributed by atoms with van der Waals surface area (Å²) < 4.78 is 0. The van der Waals surface area contributed by atoms with Gasteiger partial charge in [-0.3, -0.25) is 14.9 Å².